The zero-order valence-electron chi connectivity index (χ0n) is 13.2. The molecule has 1 aromatic carbocycles. The monoisotopic (exact) mass is 307 g/mol. The molecule has 0 aromatic heterocycles. The van der Waals surface area contributed by atoms with Crippen molar-refractivity contribution >= 4 is 0 Å². The van der Waals surface area contributed by atoms with Crippen molar-refractivity contribution in [2.45, 2.75) is 18.4 Å². The molecule has 5 nitrogen and oxygen atoms in total. The topological polar surface area (TPSA) is 51.2 Å². The summed E-state index contributed by atoms with van der Waals surface area (Å²) < 4.78 is 16.3. The van der Waals surface area contributed by atoms with Crippen LogP contribution in [0, 0.1) is 5.92 Å². The van der Waals surface area contributed by atoms with Gasteiger partial charge in [-0.25, -0.2) is 0 Å². The van der Waals surface area contributed by atoms with E-state index in [1.165, 1.54) is 0 Å². The van der Waals surface area contributed by atoms with Gasteiger partial charge in [-0.2, -0.15) is 0 Å². The third-order valence-corrected chi connectivity index (χ3v) is 4.71. The van der Waals surface area contributed by atoms with E-state index in [1.807, 2.05) is 24.3 Å². The van der Waals surface area contributed by atoms with Gasteiger partial charge >= 0.3 is 0 Å². The summed E-state index contributed by atoms with van der Waals surface area (Å²) in [6.45, 7) is 4.42. The molecule has 3 aliphatic rings. The summed E-state index contributed by atoms with van der Waals surface area (Å²) in [5.74, 6) is 1.93. The van der Waals surface area contributed by atoms with Crippen LogP contribution < -0.4 is 9.47 Å². The third kappa shape index (κ3) is 3.54. The van der Waals surface area contributed by atoms with Crippen LogP contribution in [0.5, 0.6) is 11.5 Å². The minimum atomic E-state index is -0.704. The van der Waals surface area contributed by atoms with E-state index in [1.54, 1.807) is 7.11 Å². The highest BCUT2D eigenvalue weighted by atomic mass is 16.5. The molecule has 3 fully saturated rings. The van der Waals surface area contributed by atoms with Crippen molar-refractivity contribution in [3.05, 3.63) is 24.3 Å². The number of ether oxygens (including phenoxy) is 3. The van der Waals surface area contributed by atoms with Gasteiger partial charge in [0.1, 0.15) is 30.3 Å². The van der Waals surface area contributed by atoms with E-state index >= 15 is 0 Å². The first kappa shape index (κ1) is 15.6. The maximum atomic E-state index is 10.8. The van der Waals surface area contributed by atoms with Gasteiger partial charge in [0.15, 0.2) is 0 Å². The van der Waals surface area contributed by atoms with Gasteiger partial charge in [0, 0.05) is 13.7 Å². The molecule has 2 bridgehead atoms. The Hall–Kier alpha value is -1.30. The number of fused-ring (bicyclic) bond motifs is 3. The van der Waals surface area contributed by atoms with E-state index < -0.39 is 5.60 Å². The first-order valence-corrected chi connectivity index (χ1v) is 7.99. The van der Waals surface area contributed by atoms with Crippen LogP contribution in [0.2, 0.25) is 0 Å². The summed E-state index contributed by atoms with van der Waals surface area (Å²) in [7, 11) is 1.65. The van der Waals surface area contributed by atoms with Crippen molar-refractivity contribution in [1.82, 2.24) is 4.90 Å². The standard InChI is InChI=1S/C17H25NO4/c1-20-10-11-21-15-2-4-16(5-3-15)22-13-17(19)12-18-8-6-14(17)7-9-18/h2-5,14,19H,6-13H2,1H3. The molecule has 0 aliphatic carbocycles. The summed E-state index contributed by atoms with van der Waals surface area (Å²) >= 11 is 0. The molecular weight excluding hydrogens is 282 g/mol. The second-order valence-corrected chi connectivity index (χ2v) is 6.26. The molecule has 0 spiro atoms. The molecule has 5 heteroatoms. The first-order valence-electron chi connectivity index (χ1n) is 7.99. The van der Waals surface area contributed by atoms with Crippen LogP contribution in [0.3, 0.4) is 0 Å². The predicted octanol–water partition coefficient (Wildman–Crippen LogP) is 1.55. The Morgan fingerprint density at radius 1 is 1.09 bits per heavy atom. The van der Waals surface area contributed by atoms with E-state index in [-0.39, 0.29) is 0 Å². The lowest BCUT2D eigenvalue weighted by atomic mass is 9.76. The van der Waals surface area contributed by atoms with E-state index in [0.717, 1.165) is 44.0 Å². The number of rotatable bonds is 7. The first-order chi connectivity index (χ1) is 10.7. The maximum Gasteiger partial charge on any atom is 0.119 e. The second kappa shape index (κ2) is 6.86. The van der Waals surface area contributed by atoms with Crippen molar-refractivity contribution in [2.24, 2.45) is 5.92 Å². The fraction of sp³-hybridized carbons (Fsp3) is 0.647. The number of hydrogen-bond acceptors (Lipinski definition) is 5. The molecule has 22 heavy (non-hydrogen) atoms. The Bertz CT molecular complexity index is 470. The fourth-order valence-corrected chi connectivity index (χ4v) is 3.39. The van der Waals surface area contributed by atoms with Crippen LogP contribution in [0.25, 0.3) is 0 Å². The molecule has 3 heterocycles. The Morgan fingerprint density at radius 3 is 2.27 bits per heavy atom. The molecule has 1 unspecified atom stereocenters. The van der Waals surface area contributed by atoms with Crippen molar-refractivity contribution in [3.63, 3.8) is 0 Å². The van der Waals surface area contributed by atoms with Gasteiger partial charge in [-0.1, -0.05) is 0 Å². The maximum absolute atomic E-state index is 10.8. The van der Waals surface area contributed by atoms with Crippen LogP contribution in [0.1, 0.15) is 12.8 Å². The van der Waals surface area contributed by atoms with E-state index in [2.05, 4.69) is 4.90 Å². The van der Waals surface area contributed by atoms with Gasteiger partial charge in [-0.3, -0.25) is 0 Å². The number of nitrogens with zero attached hydrogens (tertiary/aromatic N) is 1. The molecule has 122 valence electrons. The lowest BCUT2D eigenvalue weighted by Gasteiger charge is -2.49. The molecule has 1 aromatic rings. The number of methoxy groups -OCH3 is 1. The highest BCUT2D eigenvalue weighted by Gasteiger charge is 2.45. The normalized spacial score (nSPS) is 30.3. The molecule has 0 saturated carbocycles. The van der Waals surface area contributed by atoms with Gasteiger partial charge in [-0.05, 0) is 56.1 Å². The summed E-state index contributed by atoms with van der Waals surface area (Å²) in [4.78, 5) is 2.33. The molecule has 4 rings (SSSR count). The summed E-state index contributed by atoms with van der Waals surface area (Å²) in [5, 5.41) is 10.8. The van der Waals surface area contributed by atoms with Crippen LogP contribution >= 0.6 is 0 Å². The molecule has 1 atom stereocenters. The quantitative estimate of drug-likeness (QED) is 0.775. The average molecular weight is 307 g/mol. The van der Waals surface area contributed by atoms with Gasteiger partial charge in [-0.15, -0.1) is 0 Å². The minimum absolute atomic E-state index is 0.359. The van der Waals surface area contributed by atoms with Crippen LogP contribution in [-0.2, 0) is 4.74 Å². The van der Waals surface area contributed by atoms with Gasteiger partial charge in [0.05, 0.1) is 6.61 Å². The minimum Gasteiger partial charge on any atom is -0.491 e. The number of benzene rings is 1. The average Bonchev–Trinajstić information content (AvgIpc) is 2.55. The Labute approximate surface area is 131 Å². The Morgan fingerprint density at radius 2 is 1.73 bits per heavy atom. The lowest BCUT2D eigenvalue weighted by molar-refractivity contribution is -0.131. The number of hydrogen-bond donors (Lipinski definition) is 1. The molecule has 3 saturated heterocycles. The van der Waals surface area contributed by atoms with Crippen molar-refractivity contribution < 1.29 is 19.3 Å². The number of piperidine rings is 3. The lowest BCUT2D eigenvalue weighted by Crippen LogP contribution is -2.61. The fourth-order valence-electron chi connectivity index (χ4n) is 3.39. The Kier molecular flexibility index (Phi) is 4.86. The molecule has 0 amide bonds. The summed E-state index contributed by atoms with van der Waals surface area (Å²) in [6.07, 6.45) is 2.15. The number of aliphatic hydroxyl groups is 1. The molecule has 3 aliphatic heterocycles. The van der Waals surface area contributed by atoms with E-state index in [9.17, 15) is 5.11 Å². The van der Waals surface area contributed by atoms with Crippen molar-refractivity contribution in [3.8, 4) is 11.5 Å². The second-order valence-electron chi connectivity index (χ2n) is 6.26. The molecule has 1 N–H and O–H groups in total. The van der Waals surface area contributed by atoms with Crippen molar-refractivity contribution in [2.75, 3.05) is 46.6 Å². The zero-order valence-corrected chi connectivity index (χ0v) is 13.2. The van der Waals surface area contributed by atoms with Gasteiger partial charge < -0.3 is 24.2 Å². The van der Waals surface area contributed by atoms with Crippen LogP contribution in [-0.4, -0.2) is 62.2 Å². The Balaban J connectivity index is 1.51. The summed E-state index contributed by atoms with van der Waals surface area (Å²) in [6, 6.07) is 7.52. The van der Waals surface area contributed by atoms with E-state index in [4.69, 9.17) is 14.2 Å². The van der Waals surface area contributed by atoms with Crippen LogP contribution in [0.4, 0.5) is 0 Å². The van der Waals surface area contributed by atoms with E-state index in [0.29, 0.717) is 25.7 Å². The van der Waals surface area contributed by atoms with Crippen LogP contribution in [0.15, 0.2) is 24.3 Å². The van der Waals surface area contributed by atoms with Crippen molar-refractivity contribution in [1.29, 1.82) is 0 Å². The summed E-state index contributed by atoms with van der Waals surface area (Å²) in [5.41, 5.74) is -0.704. The molecular formula is C17H25NO4. The highest BCUT2D eigenvalue weighted by molar-refractivity contribution is 5.31. The SMILES string of the molecule is COCCOc1ccc(OCC2(O)CN3CCC2CC3)cc1. The highest BCUT2D eigenvalue weighted by Crippen LogP contribution is 2.36. The smallest absolute Gasteiger partial charge is 0.119 e. The third-order valence-electron chi connectivity index (χ3n) is 4.71. The largest absolute Gasteiger partial charge is 0.491 e. The zero-order chi connectivity index (χ0) is 15.4. The molecule has 0 radical (unpaired) electrons. The van der Waals surface area contributed by atoms with Gasteiger partial charge in [0.2, 0.25) is 0 Å². The van der Waals surface area contributed by atoms with Gasteiger partial charge in [0.25, 0.3) is 0 Å². The predicted molar refractivity (Wildman–Crippen MR) is 83.4 cm³/mol.